The largest absolute Gasteiger partial charge is 0.314 e. The molecule has 0 spiro atoms. The Bertz CT molecular complexity index is 375. The van der Waals surface area contributed by atoms with Gasteiger partial charge in [-0.1, -0.05) is 0 Å². The van der Waals surface area contributed by atoms with Crippen LogP contribution in [0.25, 0.3) is 0 Å². The SMILES string of the molecule is O=C(Cc1cncc(Br)c1)CC1CCCN1. The van der Waals surface area contributed by atoms with Crippen molar-refractivity contribution < 1.29 is 4.79 Å². The average Bonchev–Trinajstić information content (AvgIpc) is 2.70. The standard InChI is InChI=1S/C12H15BrN2O/c13-10-4-9(7-14-8-10)5-12(16)6-11-2-1-3-15-11/h4,7-8,11,15H,1-3,5-6H2. The van der Waals surface area contributed by atoms with Gasteiger partial charge in [-0.2, -0.15) is 0 Å². The molecule has 1 N–H and O–H groups in total. The number of Topliss-reactive ketones (excluding diaryl/α,β-unsaturated/α-hetero) is 1. The van der Waals surface area contributed by atoms with Gasteiger partial charge in [0.25, 0.3) is 0 Å². The zero-order valence-corrected chi connectivity index (χ0v) is 10.7. The predicted molar refractivity (Wildman–Crippen MR) is 66.3 cm³/mol. The van der Waals surface area contributed by atoms with Crippen molar-refractivity contribution >= 4 is 21.7 Å². The highest BCUT2D eigenvalue weighted by atomic mass is 79.9. The summed E-state index contributed by atoms with van der Waals surface area (Å²) in [6, 6.07) is 2.35. The first-order chi connectivity index (χ1) is 7.74. The lowest BCUT2D eigenvalue weighted by Gasteiger charge is -2.08. The summed E-state index contributed by atoms with van der Waals surface area (Å²) in [6.07, 6.45) is 6.94. The highest BCUT2D eigenvalue weighted by Gasteiger charge is 2.17. The van der Waals surface area contributed by atoms with E-state index < -0.39 is 0 Å². The minimum absolute atomic E-state index is 0.291. The normalized spacial score (nSPS) is 19.9. The van der Waals surface area contributed by atoms with Crippen LogP contribution < -0.4 is 5.32 Å². The minimum atomic E-state index is 0.291. The molecule has 1 saturated heterocycles. The average molecular weight is 283 g/mol. The lowest BCUT2D eigenvalue weighted by atomic mass is 10.0. The summed E-state index contributed by atoms with van der Waals surface area (Å²) in [5, 5.41) is 3.34. The van der Waals surface area contributed by atoms with Gasteiger partial charge in [-0.15, -0.1) is 0 Å². The number of carbonyl (C=O) groups is 1. The molecule has 1 aliphatic rings. The van der Waals surface area contributed by atoms with Gasteiger partial charge in [0.1, 0.15) is 5.78 Å². The first kappa shape index (κ1) is 11.7. The van der Waals surface area contributed by atoms with Crippen molar-refractivity contribution in [3.63, 3.8) is 0 Å². The molecule has 1 fully saturated rings. The molecule has 4 heteroatoms. The van der Waals surface area contributed by atoms with Crippen LogP contribution in [0, 0.1) is 0 Å². The number of nitrogens with one attached hydrogen (secondary N) is 1. The smallest absolute Gasteiger partial charge is 0.138 e. The van der Waals surface area contributed by atoms with Crippen molar-refractivity contribution in [2.24, 2.45) is 0 Å². The fourth-order valence-electron chi connectivity index (χ4n) is 2.06. The summed E-state index contributed by atoms with van der Waals surface area (Å²) >= 11 is 3.35. The molecule has 0 saturated carbocycles. The molecule has 2 heterocycles. The van der Waals surface area contributed by atoms with E-state index in [9.17, 15) is 4.79 Å². The predicted octanol–water partition coefficient (Wildman–Crippen LogP) is 2.10. The Morgan fingerprint density at radius 1 is 1.56 bits per heavy atom. The second kappa shape index (κ2) is 5.55. The zero-order chi connectivity index (χ0) is 11.4. The van der Waals surface area contributed by atoms with Gasteiger partial charge in [0.2, 0.25) is 0 Å². The Morgan fingerprint density at radius 3 is 3.12 bits per heavy atom. The Hall–Kier alpha value is -0.740. The molecule has 2 rings (SSSR count). The summed E-state index contributed by atoms with van der Waals surface area (Å²) in [5.74, 6) is 0.291. The summed E-state index contributed by atoms with van der Waals surface area (Å²) in [7, 11) is 0. The molecule has 1 aromatic rings. The van der Waals surface area contributed by atoms with Crippen molar-refractivity contribution in [2.45, 2.75) is 31.7 Å². The second-order valence-corrected chi connectivity index (χ2v) is 5.14. The van der Waals surface area contributed by atoms with Crippen LogP contribution in [-0.4, -0.2) is 23.4 Å². The van der Waals surface area contributed by atoms with Crippen LogP contribution in [0.4, 0.5) is 0 Å². The molecule has 1 atom stereocenters. The molecule has 0 aliphatic carbocycles. The van der Waals surface area contributed by atoms with Crippen molar-refractivity contribution in [1.29, 1.82) is 0 Å². The lowest BCUT2D eigenvalue weighted by Crippen LogP contribution is -2.25. The van der Waals surface area contributed by atoms with Crippen LogP contribution >= 0.6 is 15.9 Å². The van der Waals surface area contributed by atoms with E-state index in [1.165, 1.54) is 6.42 Å². The van der Waals surface area contributed by atoms with E-state index in [0.717, 1.165) is 23.0 Å². The van der Waals surface area contributed by atoms with Gasteiger partial charge in [-0.05, 0) is 46.9 Å². The van der Waals surface area contributed by atoms with Gasteiger partial charge >= 0.3 is 0 Å². The van der Waals surface area contributed by atoms with E-state index in [2.05, 4.69) is 26.2 Å². The fourth-order valence-corrected chi connectivity index (χ4v) is 2.47. The monoisotopic (exact) mass is 282 g/mol. The van der Waals surface area contributed by atoms with E-state index in [1.807, 2.05) is 6.07 Å². The van der Waals surface area contributed by atoms with E-state index in [0.29, 0.717) is 24.7 Å². The van der Waals surface area contributed by atoms with Crippen LogP contribution in [0.2, 0.25) is 0 Å². The Morgan fingerprint density at radius 2 is 2.44 bits per heavy atom. The molecule has 0 bridgehead atoms. The van der Waals surface area contributed by atoms with Crippen LogP contribution in [0.15, 0.2) is 22.9 Å². The molecule has 86 valence electrons. The summed E-state index contributed by atoms with van der Waals surface area (Å²) in [5.41, 5.74) is 0.984. The van der Waals surface area contributed by atoms with Crippen molar-refractivity contribution in [3.05, 3.63) is 28.5 Å². The van der Waals surface area contributed by atoms with Gasteiger partial charge < -0.3 is 5.32 Å². The first-order valence-electron chi connectivity index (χ1n) is 5.58. The summed E-state index contributed by atoms with van der Waals surface area (Å²) < 4.78 is 0.928. The van der Waals surface area contributed by atoms with Crippen molar-refractivity contribution in [3.8, 4) is 0 Å². The number of carbonyl (C=O) groups excluding carboxylic acids is 1. The minimum Gasteiger partial charge on any atom is -0.314 e. The molecule has 16 heavy (non-hydrogen) atoms. The molecule has 0 amide bonds. The number of halogens is 1. The molecule has 1 aromatic heterocycles. The third-order valence-electron chi connectivity index (χ3n) is 2.80. The van der Waals surface area contributed by atoms with Gasteiger partial charge in [0.05, 0.1) is 0 Å². The van der Waals surface area contributed by atoms with E-state index in [4.69, 9.17) is 0 Å². The number of hydrogen-bond acceptors (Lipinski definition) is 3. The number of hydrogen-bond donors (Lipinski definition) is 1. The fraction of sp³-hybridized carbons (Fsp3) is 0.500. The lowest BCUT2D eigenvalue weighted by molar-refractivity contribution is -0.118. The maximum Gasteiger partial charge on any atom is 0.138 e. The Kier molecular flexibility index (Phi) is 4.07. The molecule has 1 unspecified atom stereocenters. The van der Waals surface area contributed by atoms with Crippen LogP contribution in [0.1, 0.15) is 24.8 Å². The Labute approximate surface area is 104 Å². The molecule has 0 radical (unpaired) electrons. The number of rotatable bonds is 4. The third-order valence-corrected chi connectivity index (χ3v) is 3.23. The molecule has 3 nitrogen and oxygen atoms in total. The molecular weight excluding hydrogens is 268 g/mol. The van der Waals surface area contributed by atoms with Crippen LogP contribution in [0.3, 0.4) is 0 Å². The van der Waals surface area contributed by atoms with E-state index in [1.54, 1.807) is 12.4 Å². The van der Waals surface area contributed by atoms with Gasteiger partial charge in [0.15, 0.2) is 0 Å². The third kappa shape index (κ3) is 3.39. The van der Waals surface area contributed by atoms with Crippen molar-refractivity contribution in [1.82, 2.24) is 10.3 Å². The molecule has 0 aromatic carbocycles. The first-order valence-corrected chi connectivity index (χ1v) is 6.38. The maximum absolute atomic E-state index is 11.8. The summed E-state index contributed by atoms with van der Waals surface area (Å²) in [6.45, 7) is 1.05. The van der Waals surface area contributed by atoms with Gasteiger partial charge in [-0.25, -0.2) is 0 Å². The van der Waals surface area contributed by atoms with Crippen molar-refractivity contribution in [2.75, 3.05) is 6.54 Å². The quantitative estimate of drug-likeness (QED) is 0.920. The molecule has 1 aliphatic heterocycles. The van der Waals surface area contributed by atoms with E-state index >= 15 is 0 Å². The maximum atomic E-state index is 11.8. The highest BCUT2D eigenvalue weighted by molar-refractivity contribution is 9.10. The number of ketones is 1. The van der Waals surface area contributed by atoms with E-state index in [-0.39, 0.29) is 0 Å². The van der Waals surface area contributed by atoms with Gasteiger partial charge in [-0.3, -0.25) is 9.78 Å². The summed E-state index contributed by atoms with van der Waals surface area (Å²) in [4.78, 5) is 15.9. The second-order valence-electron chi connectivity index (χ2n) is 4.22. The van der Waals surface area contributed by atoms with Crippen LogP contribution in [0.5, 0.6) is 0 Å². The zero-order valence-electron chi connectivity index (χ0n) is 9.08. The highest BCUT2D eigenvalue weighted by Crippen LogP contribution is 2.13. The Balaban J connectivity index is 1.86. The topological polar surface area (TPSA) is 42.0 Å². The number of aromatic nitrogens is 1. The number of nitrogens with zero attached hydrogens (tertiary/aromatic N) is 1. The van der Waals surface area contributed by atoms with Crippen LogP contribution in [-0.2, 0) is 11.2 Å². The molecular formula is C12H15BrN2O. The number of pyridine rings is 1. The van der Waals surface area contributed by atoms with Gasteiger partial charge in [0, 0.05) is 35.7 Å².